The van der Waals surface area contributed by atoms with Crippen LogP contribution in [0.25, 0.3) is 0 Å². The molecular weight excluding hydrogens is 244 g/mol. The Balaban J connectivity index is 2.41. The molecule has 0 saturated carbocycles. The van der Waals surface area contributed by atoms with E-state index in [9.17, 15) is 8.42 Å². The first-order chi connectivity index (χ1) is 7.29. The van der Waals surface area contributed by atoms with Gasteiger partial charge in [-0.1, -0.05) is 6.07 Å². The van der Waals surface area contributed by atoms with Gasteiger partial charge in [0, 0.05) is 17.0 Å². The summed E-state index contributed by atoms with van der Waals surface area (Å²) >= 11 is 1.57. The fourth-order valence-corrected chi connectivity index (χ4v) is 3.12. The third-order valence-electron chi connectivity index (χ3n) is 1.94. The molecule has 0 atom stereocenters. The van der Waals surface area contributed by atoms with Gasteiger partial charge in [0.2, 0.25) is 10.0 Å². The van der Waals surface area contributed by atoms with Crippen molar-refractivity contribution in [2.75, 3.05) is 12.3 Å². The predicted molar refractivity (Wildman–Crippen MR) is 68.1 cm³/mol. The van der Waals surface area contributed by atoms with Crippen LogP contribution in [0.2, 0.25) is 0 Å². The van der Waals surface area contributed by atoms with Crippen molar-refractivity contribution in [2.45, 2.75) is 25.8 Å². The Kier molecular flexibility index (Phi) is 4.49. The Bertz CT molecular complexity index is 405. The molecule has 0 aliphatic rings. The summed E-state index contributed by atoms with van der Waals surface area (Å²) in [5, 5.41) is 1.94. The number of nitrogens with one attached hydrogen (secondary N) is 1. The van der Waals surface area contributed by atoms with Gasteiger partial charge in [0.15, 0.2) is 0 Å². The first-order valence-electron chi connectivity index (χ1n) is 5.07. The average Bonchev–Trinajstić information content (AvgIpc) is 2.64. The summed E-state index contributed by atoms with van der Waals surface area (Å²) in [6, 6.07) is 3.86. The Morgan fingerprint density at radius 1 is 1.50 bits per heavy atom. The van der Waals surface area contributed by atoms with E-state index in [1.165, 1.54) is 0 Å². The number of hydrogen-bond acceptors (Lipinski definition) is 4. The molecule has 0 aliphatic carbocycles. The highest BCUT2D eigenvalue weighted by Gasteiger charge is 2.16. The third-order valence-corrected chi connectivity index (χ3v) is 4.21. The molecule has 0 unspecified atom stereocenters. The molecule has 0 aliphatic heterocycles. The van der Waals surface area contributed by atoms with Crippen molar-refractivity contribution in [3.8, 4) is 0 Å². The van der Waals surface area contributed by atoms with Crippen molar-refractivity contribution < 1.29 is 8.42 Å². The summed E-state index contributed by atoms with van der Waals surface area (Å²) in [6.07, 6.45) is 0.554. The second-order valence-corrected chi connectivity index (χ2v) is 7.42. The van der Waals surface area contributed by atoms with E-state index in [0.29, 0.717) is 6.42 Å². The largest absolute Gasteiger partial charge is 0.324 e. The highest BCUT2D eigenvalue weighted by molar-refractivity contribution is 7.89. The Hall–Kier alpha value is -0.430. The predicted octanol–water partition coefficient (Wildman–Crippen LogP) is 0.947. The molecule has 3 N–H and O–H groups in total. The number of hydrogen-bond donors (Lipinski definition) is 2. The fraction of sp³-hybridized carbons (Fsp3) is 0.600. The van der Waals surface area contributed by atoms with Crippen LogP contribution in [0.1, 0.15) is 18.7 Å². The smallest absolute Gasteiger partial charge is 0.212 e. The summed E-state index contributed by atoms with van der Waals surface area (Å²) in [6.45, 7) is 3.84. The van der Waals surface area contributed by atoms with Crippen LogP contribution < -0.4 is 10.5 Å². The maximum absolute atomic E-state index is 11.6. The quantitative estimate of drug-likeness (QED) is 0.801. The van der Waals surface area contributed by atoms with Crippen molar-refractivity contribution in [1.29, 1.82) is 0 Å². The first-order valence-corrected chi connectivity index (χ1v) is 7.60. The number of nitrogens with two attached hydrogens (primary N) is 1. The van der Waals surface area contributed by atoms with E-state index in [1.54, 1.807) is 25.2 Å². The van der Waals surface area contributed by atoms with E-state index < -0.39 is 15.6 Å². The molecule has 0 amide bonds. The van der Waals surface area contributed by atoms with Gasteiger partial charge < -0.3 is 5.73 Å². The normalized spacial score (nSPS) is 12.9. The maximum Gasteiger partial charge on any atom is 0.212 e. The fourth-order valence-electron chi connectivity index (χ4n) is 1.06. The maximum atomic E-state index is 11.6. The lowest BCUT2D eigenvalue weighted by Gasteiger charge is -2.18. The summed E-state index contributed by atoms with van der Waals surface area (Å²) in [4.78, 5) is 1.08. The Labute approximate surface area is 101 Å². The lowest BCUT2D eigenvalue weighted by molar-refractivity contribution is 0.498. The minimum absolute atomic E-state index is 0.115. The van der Waals surface area contributed by atoms with Crippen molar-refractivity contribution in [3.63, 3.8) is 0 Å². The van der Waals surface area contributed by atoms with Crippen LogP contribution in [-0.4, -0.2) is 26.3 Å². The highest BCUT2D eigenvalue weighted by Crippen LogP contribution is 2.09. The van der Waals surface area contributed by atoms with E-state index in [-0.39, 0.29) is 12.3 Å². The van der Waals surface area contributed by atoms with Gasteiger partial charge in [0.25, 0.3) is 0 Å². The number of aryl methyl sites for hydroxylation is 1. The standard InChI is InChI=1S/C10H18N2O2S2/c1-10(2,11)8-12-16(13,14)7-5-9-4-3-6-15-9/h3-4,6,12H,5,7-8,11H2,1-2H3. The molecule has 0 aromatic carbocycles. The second kappa shape index (κ2) is 5.27. The van der Waals surface area contributed by atoms with Crippen molar-refractivity contribution in [3.05, 3.63) is 22.4 Å². The Morgan fingerprint density at radius 2 is 2.19 bits per heavy atom. The summed E-state index contributed by atoms with van der Waals surface area (Å²) < 4.78 is 25.7. The number of thiophene rings is 1. The van der Waals surface area contributed by atoms with Crippen LogP contribution in [0.15, 0.2) is 17.5 Å². The van der Waals surface area contributed by atoms with Gasteiger partial charge in [-0.3, -0.25) is 0 Å². The van der Waals surface area contributed by atoms with Gasteiger partial charge in [-0.2, -0.15) is 0 Å². The van der Waals surface area contributed by atoms with Gasteiger partial charge in [0.05, 0.1) is 5.75 Å². The lowest BCUT2D eigenvalue weighted by Crippen LogP contribution is -2.45. The monoisotopic (exact) mass is 262 g/mol. The second-order valence-electron chi connectivity index (χ2n) is 4.46. The van der Waals surface area contributed by atoms with E-state index in [1.807, 2.05) is 17.5 Å². The Morgan fingerprint density at radius 3 is 2.69 bits per heavy atom. The topological polar surface area (TPSA) is 72.2 Å². The lowest BCUT2D eigenvalue weighted by atomic mass is 10.1. The molecule has 92 valence electrons. The molecule has 4 nitrogen and oxygen atoms in total. The van der Waals surface area contributed by atoms with Crippen LogP contribution in [-0.2, 0) is 16.4 Å². The molecule has 1 aromatic rings. The molecule has 1 heterocycles. The number of rotatable bonds is 6. The third kappa shape index (κ3) is 5.60. The molecule has 0 spiro atoms. The molecule has 1 aromatic heterocycles. The first kappa shape index (κ1) is 13.6. The average molecular weight is 262 g/mol. The molecule has 1 rings (SSSR count). The van der Waals surface area contributed by atoms with Gasteiger partial charge in [0.1, 0.15) is 0 Å². The SMILES string of the molecule is CC(C)(N)CNS(=O)(=O)CCc1cccs1. The molecular formula is C10H18N2O2S2. The summed E-state index contributed by atoms with van der Waals surface area (Å²) in [5.41, 5.74) is 5.19. The number of sulfonamides is 1. The van der Waals surface area contributed by atoms with Crippen LogP contribution in [0.5, 0.6) is 0 Å². The van der Waals surface area contributed by atoms with E-state index in [4.69, 9.17) is 5.73 Å². The van der Waals surface area contributed by atoms with Gasteiger partial charge in [-0.25, -0.2) is 13.1 Å². The van der Waals surface area contributed by atoms with E-state index >= 15 is 0 Å². The molecule has 6 heteroatoms. The highest BCUT2D eigenvalue weighted by atomic mass is 32.2. The summed E-state index contributed by atoms with van der Waals surface area (Å²) in [5.74, 6) is 0.115. The van der Waals surface area contributed by atoms with Crippen molar-refractivity contribution >= 4 is 21.4 Å². The van der Waals surface area contributed by atoms with Crippen molar-refractivity contribution in [1.82, 2.24) is 4.72 Å². The van der Waals surface area contributed by atoms with Crippen LogP contribution >= 0.6 is 11.3 Å². The molecule has 16 heavy (non-hydrogen) atoms. The minimum Gasteiger partial charge on any atom is -0.324 e. The zero-order valence-electron chi connectivity index (χ0n) is 9.56. The van der Waals surface area contributed by atoms with Crippen LogP contribution in [0, 0.1) is 0 Å². The van der Waals surface area contributed by atoms with Crippen molar-refractivity contribution in [2.24, 2.45) is 5.73 Å². The minimum atomic E-state index is -3.21. The van der Waals surface area contributed by atoms with Gasteiger partial charge in [-0.05, 0) is 31.7 Å². The molecule has 0 bridgehead atoms. The summed E-state index contributed by atoms with van der Waals surface area (Å²) in [7, 11) is -3.21. The van der Waals surface area contributed by atoms with E-state index in [2.05, 4.69) is 4.72 Å². The molecule has 0 fully saturated rings. The zero-order valence-corrected chi connectivity index (χ0v) is 11.2. The molecule has 0 radical (unpaired) electrons. The zero-order chi connectivity index (χ0) is 12.2. The van der Waals surface area contributed by atoms with Gasteiger partial charge in [-0.15, -0.1) is 11.3 Å². The van der Waals surface area contributed by atoms with E-state index in [0.717, 1.165) is 4.88 Å². The van der Waals surface area contributed by atoms with Crippen LogP contribution in [0.4, 0.5) is 0 Å². The van der Waals surface area contributed by atoms with Crippen LogP contribution in [0.3, 0.4) is 0 Å². The van der Waals surface area contributed by atoms with Gasteiger partial charge >= 0.3 is 0 Å². The molecule has 0 saturated heterocycles.